The number of nitrogens with one attached hydrogen (secondary N) is 1. The highest BCUT2D eigenvalue weighted by Crippen LogP contribution is 2.28. The van der Waals surface area contributed by atoms with E-state index in [2.05, 4.69) is 5.32 Å². The summed E-state index contributed by atoms with van der Waals surface area (Å²) in [5.74, 6) is -0.399. The number of halogens is 2. The van der Waals surface area contributed by atoms with Crippen LogP contribution in [0.2, 0.25) is 5.02 Å². The van der Waals surface area contributed by atoms with Gasteiger partial charge in [-0.05, 0) is 31.9 Å². The fourth-order valence-electron chi connectivity index (χ4n) is 1.91. The molecule has 0 radical (unpaired) electrons. The van der Waals surface area contributed by atoms with Crippen LogP contribution in [0.3, 0.4) is 0 Å². The van der Waals surface area contributed by atoms with Crippen LogP contribution in [0.1, 0.15) is 31.4 Å². The van der Waals surface area contributed by atoms with Crippen LogP contribution in [0, 0.1) is 5.82 Å². The third kappa shape index (κ3) is 2.75. The van der Waals surface area contributed by atoms with Gasteiger partial charge in [0.05, 0.1) is 6.04 Å². The van der Waals surface area contributed by atoms with Crippen molar-refractivity contribution >= 4 is 17.6 Å². The second-order valence-corrected chi connectivity index (χ2v) is 5.06. The zero-order chi connectivity index (χ0) is 13.3. The molecule has 0 saturated heterocycles. The van der Waals surface area contributed by atoms with Gasteiger partial charge < -0.3 is 10.2 Å². The van der Waals surface area contributed by atoms with Crippen molar-refractivity contribution in [2.75, 3.05) is 7.05 Å². The van der Waals surface area contributed by atoms with Crippen molar-refractivity contribution in [3.63, 3.8) is 0 Å². The number of hydrogen-bond acceptors (Lipinski definition) is 1. The van der Waals surface area contributed by atoms with Crippen molar-refractivity contribution < 1.29 is 9.18 Å². The molecule has 1 saturated carbocycles. The summed E-state index contributed by atoms with van der Waals surface area (Å²) in [6.07, 6.45) is 2.08. The molecule has 0 heterocycles. The minimum atomic E-state index is -0.451. The van der Waals surface area contributed by atoms with E-state index in [1.807, 2.05) is 0 Å². The lowest BCUT2D eigenvalue weighted by Crippen LogP contribution is -2.40. The topological polar surface area (TPSA) is 32.3 Å². The summed E-state index contributed by atoms with van der Waals surface area (Å²) in [5.41, 5.74) is 0.330. The average Bonchev–Trinajstić information content (AvgIpc) is 3.11. The van der Waals surface area contributed by atoms with Crippen molar-refractivity contribution in [3.05, 3.63) is 34.6 Å². The van der Waals surface area contributed by atoms with E-state index in [1.54, 1.807) is 31.0 Å². The van der Waals surface area contributed by atoms with Gasteiger partial charge in [-0.3, -0.25) is 0 Å². The number of carbonyl (C=O) groups excluding carboxylic acids is 1. The summed E-state index contributed by atoms with van der Waals surface area (Å²) in [6.45, 7) is 1.73. The van der Waals surface area contributed by atoms with Crippen LogP contribution in [0.5, 0.6) is 0 Å². The zero-order valence-corrected chi connectivity index (χ0v) is 11.2. The first-order chi connectivity index (χ1) is 8.50. The SMILES string of the molecule is CC(NC(=O)N(C)C1CC1)c1c(F)cccc1Cl. The molecule has 98 valence electrons. The van der Waals surface area contributed by atoms with E-state index in [0.717, 1.165) is 12.8 Å². The van der Waals surface area contributed by atoms with Crippen LogP contribution in [0.15, 0.2) is 18.2 Å². The predicted octanol–water partition coefficient (Wildman–Crippen LogP) is 3.34. The Hall–Kier alpha value is -1.29. The Kier molecular flexibility index (Phi) is 3.76. The Bertz CT molecular complexity index is 442. The molecule has 1 fully saturated rings. The standard InChI is InChI=1S/C13H16ClFN2O/c1-8(12-10(14)4-3-5-11(12)15)16-13(18)17(2)9-6-7-9/h3-5,8-9H,6-7H2,1-2H3,(H,16,18). The maximum atomic E-state index is 13.7. The Morgan fingerprint density at radius 3 is 2.78 bits per heavy atom. The lowest BCUT2D eigenvalue weighted by Gasteiger charge is -2.22. The lowest BCUT2D eigenvalue weighted by molar-refractivity contribution is 0.203. The molecule has 1 unspecified atom stereocenters. The van der Waals surface area contributed by atoms with Gasteiger partial charge in [0.15, 0.2) is 0 Å². The van der Waals surface area contributed by atoms with Gasteiger partial charge in [-0.2, -0.15) is 0 Å². The average molecular weight is 271 g/mol. The molecule has 2 amide bonds. The fourth-order valence-corrected chi connectivity index (χ4v) is 2.24. The molecule has 18 heavy (non-hydrogen) atoms. The molecule has 0 aliphatic heterocycles. The first-order valence-electron chi connectivity index (χ1n) is 5.98. The Morgan fingerprint density at radius 2 is 2.22 bits per heavy atom. The highest BCUT2D eigenvalue weighted by atomic mass is 35.5. The second-order valence-electron chi connectivity index (χ2n) is 4.65. The van der Waals surface area contributed by atoms with Gasteiger partial charge in [-0.25, -0.2) is 9.18 Å². The monoisotopic (exact) mass is 270 g/mol. The molecule has 0 aromatic heterocycles. The molecule has 0 spiro atoms. The van der Waals surface area contributed by atoms with Crippen molar-refractivity contribution in [1.29, 1.82) is 0 Å². The summed E-state index contributed by atoms with van der Waals surface area (Å²) in [6, 6.07) is 4.19. The van der Waals surface area contributed by atoms with Gasteiger partial charge in [-0.1, -0.05) is 17.7 Å². The van der Waals surface area contributed by atoms with E-state index in [-0.39, 0.29) is 6.03 Å². The Balaban J connectivity index is 2.07. The van der Waals surface area contributed by atoms with E-state index in [1.165, 1.54) is 6.07 Å². The molecule has 1 aliphatic rings. The highest BCUT2D eigenvalue weighted by Gasteiger charge is 2.30. The molecular formula is C13H16ClFN2O. The Morgan fingerprint density at radius 1 is 1.56 bits per heavy atom. The molecule has 1 aliphatic carbocycles. The van der Waals surface area contributed by atoms with Crippen LogP contribution < -0.4 is 5.32 Å². The van der Waals surface area contributed by atoms with E-state index in [0.29, 0.717) is 16.6 Å². The maximum Gasteiger partial charge on any atom is 0.317 e. The number of hydrogen-bond donors (Lipinski definition) is 1. The summed E-state index contributed by atoms with van der Waals surface area (Å²) in [4.78, 5) is 13.5. The second kappa shape index (κ2) is 5.14. The molecular weight excluding hydrogens is 255 g/mol. The van der Waals surface area contributed by atoms with Gasteiger partial charge in [0.2, 0.25) is 0 Å². The van der Waals surface area contributed by atoms with Gasteiger partial charge in [0.1, 0.15) is 5.82 Å². The minimum Gasteiger partial charge on any atom is -0.331 e. The third-order valence-electron chi connectivity index (χ3n) is 3.19. The Labute approximate surface area is 111 Å². The molecule has 1 aromatic rings. The van der Waals surface area contributed by atoms with E-state index in [9.17, 15) is 9.18 Å². The smallest absolute Gasteiger partial charge is 0.317 e. The molecule has 1 N–H and O–H groups in total. The van der Waals surface area contributed by atoms with Crippen molar-refractivity contribution in [2.24, 2.45) is 0 Å². The van der Waals surface area contributed by atoms with Gasteiger partial charge in [0.25, 0.3) is 0 Å². The third-order valence-corrected chi connectivity index (χ3v) is 3.52. The number of carbonyl (C=O) groups is 1. The van der Waals surface area contributed by atoms with Gasteiger partial charge >= 0.3 is 6.03 Å². The normalized spacial score (nSPS) is 16.2. The summed E-state index contributed by atoms with van der Waals surface area (Å²) >= 11 is 5.96. The zero-order valence-electron chi connectivity index (χ0n) is 10.4. The van der Waals surface area contributed by atoms with Crippen LogP contribution >= 0.6 is 11.6 Å². The van der Waals surface area contributed by atoms with Gasteiger partial charge in [0, 0.05) is 23.7 Å². The molecule has 1 atom stereocenters. The fraction of sp³-hybridized carbons (Fsp3) is 0.462. The molecule has 3 nitrogen and oxygen atoms in total. The minimum absolute atomic E-state index is 0.190. The number of rotatable bonds is 3. The van der Waals surface area contributed by atoms with Crippen LogP contribution in [0.25, 0.3) is 0 Å². The molecule has 2 rings (SSSR count). The number of amides is 2. The van der Waals surface area contributed by atoms with Gasteiger partial charge in [-0.15, -0.1) is 0 Å². The number of nitrogens with zero attached hydrogens (tertiary/aromatic N) is 1. The van der Waals surface area contributed by atoms with E-state index >= 15 is 0 Å². The highest BCUT2D eigenvalue weighted by molar-refractivity contribution is 6.31. The quantitative estimate of drug-likeness (QED) is 0.898. The van der Waals surface area contributed by atoms with Crippen molar-refractivity contribution in [2.45, 2.75) is 31.8 Å². The van der Waals surface area contributed by atoms with Crippen LogP contribution in [-0.4, -0.2) is 24.0 Å². The first kappa shape index (κ1) is 13.1. The predicted molar refractivity (Wildman–Crippen MR) is 69.1 cm³/mol. The summed E-state index contributed by atoms with van der Waals surface area (Å²) < 4.78 is 13.7. The lowest BCUT2D eigenvalue weighted by atomic mass is 10.1. The van der Waals surface area contributed by atoms with Crippen molar-refractivity contribution in [3.8, 4) is 0 Å². The summed E-state index contributed by atoms with van der Waals surface area (Å²) in [7, 11) is 1.75. The first-order valence-corrected chi connectivity index (χ1v) is 6.35. The van der Waals surface area contributed by atoms with E-state index in [4.69, 9.17) is 11.6 Å². The molecule has 1 aromatic carbocycles. The molecule has 5 heteroatoms. The largest absolute Gasteiger partial charge is 0.331 e. The summed E-state index contributed by atoms with van der Waals surface area (Å²) in [5, 5.41) is 3.09. The maximum absolute atomic E-state index is 13.7. The molecule has 0 bridgehead atoms. The number of urea groups is 1. The van der Waals surface area contributed by atoms with Crippen LogP contribution in [-0.2, 0) is 0 Å². The van der Waals surface area contributed by atoms with Crippen LogP contribution in [0.4, 0.5) is 9.18 Å². The number of benzene rings is 1. The van der Waals surface area contributed by atoms with E-state index < -0.39 is 11.9 Å². The van der Waals surface area contributed by atoms with Crippen molar-refractivity contribution in [1.82, 2.24) is 10.2 Å².